The number of hydrogen-bond donors (Lipinski definition) is 0. The van der Waals surface area contributed by atoms with Gasteiger partial charge in [0.2, 0.25) is 0 Å². The smallest absolute Gasteiger partial charge is 0.0822 e. The van der Waals surface area contributed by atoms with Gasteiger partial charge in [0, 0.05) is 24.4 Å². The fourth-order valence-corrected chi connectivity index (χ4v) is 1.54. The minimum Gasteiger partial charge on any atom is -0.261 e. The maximum Gasteiger partial charge on any atom is 0.0822 e. The predicted molar refractivity (Wildman–Crippen MR) is 76.8 cm³/mol. The van der Waals surface area contributed by atoms with Crippen molar-refractivity contribution in [3.63, 3.8) is 0 Å². The summed E-state index contributed by atoms with van der Waals surface area (Å²) in [6.45, 7) is 4.39. The van der Waals surface area contributed by atoms with Gasteiger partial charge in [-0.05, 0) is 25.3 Å². The van der Waals surface area contributed by atoms with Gasteiger partial charge >= 0.3 is 0 Å². The first-order valence-electron chi connectivity index (χ1n) is 6.82. The molecular formula is C16H22N2. The molecule has 1 rings (SSSR count). The maximum atomic E-state index is 4.26. The van der Waals surface area contributed by atoms with Crippen LogP contribution in [0.5, 0.6) is 0 Å². The second-order valence-corrected chi connectivity index (χ2v) is 4.31. The van der Waals surface area contributed by atoms with Crippen molar-refractivity contribution in [2.45, 2.75) is 52.4 Å². The lowest BCUT2D eigenvalue weighted by Gasteiger charge is -1.98. The van der Waals surface area contributed by atoms with Gasteiger partial charge in [-0.2, -0.15) is 0 Å². The Morgan fingerprint density at radius 2 is 2.06 bits per heavy atom. The first-order chi connectivity index (χ1) is 8.86. The van der Waals surface area contributed by atoms with Gasteiger partial charge in [-0.25, -0.2) is 0 Å². The average Bonchev–Trinajstić information content (AvgIpc) is 2.41. The fraction of sp³-hybridized carbons (Fsp3) is 0.500. The Bertz CT molecular complexity index is 410. The highest BCUT2D eigenvalue weighted by atomic mass is 14.8. The van der Waals surface area contributed by atoms with Gasteiger partial charge in [0.15, 0.2) is 0 Å². The van der Waals surface area contributed by atoms with Crippen LogP contribution in [-0.2, 0) is 0 Å². The van der Waals surface area contributed by atoms with Crippen LogP contribution in [-0.4, -0.2) is 9.97 Å². The Hall–Kier alpha value is -1.62. The van der Waals surface area contributed by atoms with E-state index in [9.17, 15) is 0 Å². The minimum absolute atomic E-state index is 0.897. The summed E-state index contributed by atoms with van der Waals surface area (Å²) >= 11 is 0. The molecule has 0 spiro atoms. The quantitative estimate of drug-likeness (QED) is 0.550. The first kappa shape index (κ1) is 14.4. The molecule has 0 aromatic carbocycles. The van der Waals surface area contributed by atoms with Crippen LogP contribution in [0.1, 0.15) is 58.1 Å². The summed E-state index contributed by atoms with van der Waals surface area (Å²) in [5, 5.41) is 0. The molecule has 0 saturated heterocycles. The molecule has 0 atom stereocenters. The summed E-state index contributed by atoms with van der Waals surface area (Å²) in [7, 11) is 0. The van der Waals surface area contributed by atoms with Crippen molar-refractivity contribution in [1.82, 2.24) is 9.97 Å². The molecule has 0 amide bonds. The second-order valence-electron chi connectivity index (χ2n) is 4.31. The molecule has 2 nitrogen and oxygen atoms in total. The first-order valence-corrected chi connectivity index (χ1v) is 6.82. The van der Waals surface area contributed by atoms with Gasteiger partial charge in [-0.3, -0.25) is 9.97 Å². The molecule has 1 heterocycles. The van der Waals surface area contributed by atoms with Gasteiger partial charge < -0.3 is 0 Å². The van der Waals surface area contributed by atoms with Crippen molar-refractivity contribution in [3.05, 3.63) is 29.9 Å². The van der Waals surface area contributed by atoms with E-state index in [-0.39, 0.29) is 0 Å². The van der Waals surface area contributed by atoms with Gasteiger partial charge in [0.05, 0.1) is 11.9 Å². The van der Waals surface area contributed by atoms with E-state index < -0.39 is 0 Å². The van der Waals surface area contributed by atoms with E-state index in [0.29, 0.717) is 0 Å². The Morgan fingerprint density at radius 1 is 1.22 bits per heavy atom. The maximum absolute atomic E-state index is 4.26. The van der Waals surface area contributed by atoms with Crippen LogP contribution in [0, 0.1) is 11.8 Å². The van der Waals surface area contributed by atoms with Crippen LogP contribution in [0.25, 0.3) is 6.08 Å². The number of rotatable bonds is 6. The minimum atomic E-state index is 0.897. The summed E-state index contributed by atoms with van der Waals surface area (Å²) in [6.07, 6.45) is 14.0. The lowest BCUT2D eigenvalue weighted by atomic mass is 10.1. The third-order valence-corrected chi connectivity index (χ3v) is 2.61. The average molecular weight is 242 g/mol. The van der Waals surface area contributed by atoms with Crippen LogP contribution in [0.15, 0.2) is 24.2 Å². The summed E-state index contributed by atoms with van der Waals surface area (Å²) < 4.78 is 0. The molecule has 18 heavy (non-hydrogen) atoms. The van der Waals surface area contributed by atoms with Crippen molar-refractivity contribution in [2.24, 2.45) is 0 Å². The highest BCUT2D eigenvalue weighted by Crippen LogP contribution is 2.10. The summed E-state index contributed by atoms with van der Waals surface area (Å²) in [5.41, 5.74) is 2.07. The number of aromatic nitrogens is 2. The molecule has 0 N–H and O–H groups in total. The molecule has 0 saturated carbocycles. The van der Waals surface area contributed by atoms with E-state index in [0.717, 1.165) is 18.5 Å². The van der Waals surface area contributed by atoms with E-state index in [1.807, 2.05) is 0 Å². The van der Waals surface area contributed by atoms with E-state index in [1.54, 1.807) is 18.6 Å². The third kappa shape index (κ3) is 6.20. The molecule has 2 heteroatoms. The molecule has 0 fully saturated rings. The standard InChI is InChI=1S/C16H22N2/c1-3-5-7-8-10-15(9-6-4-2)13-16-14-17-11-12-18-16/h11-14H,3-7,9H2,1-2H3/b15-13+. The molecular weight excluding hydrogens is 220 g/mol. The lowest BCUT2D eigenvalue weighted by Crippen LogP contribution is -1.85. The molecule has 0 aliphatic rings. The predicted octanol–water partition coefficient (Wildman–Crippen LogP) is 4.24. The van der Waals surface area contributed by atoms with Gasteiger partial charge in [0.25, 0.3) is 0 Å². The van der Waals surface area contributed by atoms with E-state index in [4.69, 9.17) is 0 Å². The monoisotopic (exact) mass is 242 g/mol. The zero-order chi connectivity index (χ0) is 13.1. The number of nitrogens with zero attached hydrogens (tertiary/aromatic N) is 2. The van der Waals surface area contributed by atoms with Crippen LogP contribution in [0.4, 0.5) is 0 Å². The summed E-state index contributed by atoms with van der Waals surface area (Å²) in [4.78, 5) is 8.34. The van der Waals surface area contributed by atoms with E-state index in [2.05, 4.69) is 41.7 Å². The van der Waals surface area contributed by atoms with Crippen molar-refractivity contribution in [1.29, 1.82) is 0 Å². The lowest BCUT2D eigenvalue weighted by molar-refractivity contribution is 0.802. The van der Waals surface area contributed by atoms with Crippen LogP contribution >= 0.6 is 0 Å². The highest BCUT2D eigenvalue weighted by molar-refractivity contribution is 5.54. The van der Waals surface area contributed by atoms with E-state index in [1.165, 1.54) is 31.3 Å². The number of allylic oxidation sites excluding steroid dienone is 1. The molecule has 96 valence electrons. The molecule has 0 radical (unpaired) electrons. The van der Waals surface area contributed by atoms with E-state index >= 15 is 0 Å². The summed E-state index contributed by atoms with van der Waals surface area (Å²) in [6, 6.07) is 0. The zero-order valence-corrected chi connectivity index (χ0v) is 11.4. The molecule has 0 bridgehead atoms. The molecule has 0 aliphatic heterocycles. The third-order valence-electron chi connectivity index (χ3n) is 2.61. The Kier molecular flexibility index (Phi) is 7.55. The van der Waals surface area contributed by atoms with Crippen molar-refractivity contribution >= 4 is 6.08 Å². The van der Waals surface area contributed by atoms with Gasteiger partial charge in [-0.15, -0.1) is 0 Å². The van der Waals surface area contributed by atoms with Crippen LogP contribution < -0.4 is 0 Å². The van der Waals surface area contributed by atoms with Gasteiger partial charge in [0.1, 0.15) is 0 Å². The Balaban J connectivity index is 2.70. The number of unbranched alkanes of at least 4 members (excludes halogenated alkanes) is 3. The number of hydrogen-bond acceptors (Lipinski definition) is 2. The van der Waals surface area contributed by atoms with Crippen LogP contribution in [0.2, 0.25) is 0 Å². The zero-order valence-electron chi connectivity index (χ0n) is 11.4. The van der Waals surface area contributed by atoms with Crippen molar-refractivity contribution in [2.75, 3.05) is 0 Å². The van der Waals surface area contributed by atoms with Crippen molar-refractivity contribution < 1.29 is 0 Å². The topological polar surface area (TPSA) is 25.8 Å². The SMILES string of the molecule is CCCCC#C/C(=C/c1cnccn1)CCCC. The molecule has 0 aliphatic carbocycles. The highest BCUT2D eigenvalue weighted by Gasteiger charge is 1.95. The molecule has 1 aromatic heterocycles. The second kappa shape index (κ2) is 9.41. The largest absolute Gasteiger partial charge is 0.261 e. The summed E-state index contributed by atoms with van der Waals surface area (Å²) in [5.74, 6) is 6.53. The molecule has 0 unspecified atom stereocenters. The normalized spacial score (nSPS) is 10.9. The van der Waals surface area contributed by atoms with Crippen molar-refractivity contribution in [3.8, 4) is 11.8 Å². The van der Waals surface area contributed by atoms with Gasteiger partial charge in [-0.1, -0.05) is 38.5 Å². The fourth-order valence-electron chi connectivity index (χ4n) is 1.54. The molecule has 1 aromatic rings. The van der Waals surface area contributed by atoms with Crippen LogP contribution in [0.3, 0.4) is 0 Å². The Labute approximate surface area is 111 Å². The Morgan fingerprint density at radius 3 is 2.72 bits per heavy atom.